The summed E-state index contributed by atoms with van der Waals surface area (Å²) in [5.74, 6) is 0.844. The van der Waals surface area contributed by atoms with E-state index in [1.165, 1.54) is 11.1 Å². The molecule has 0 unspecified atom stereocenters. The largest absolute Gasteiger partial charge is 0.507 e. The Labute approximate surface area is 344 Å². The van der Waals surface area contributed by atoms with Gasteiger partial charge in [0, 0.05) is 28.3 Å². The van der Waals surface area contributed by atoms with E-state index in [0.717, 1.165) is 82.9 Å². The Balaban J connectivity index is 1.25. The van der Waals surface area contributed by atoms with E-state index in [9.17, 15) is 5.11 Å². The van der Waals surface area contributed by atoms with E-state index in [4.69, 9.17) is 14.4 Å². The first-order valence-electron chi connectivity index (χ1n) is 20.3. The fraction of sp³-hybridized carbons (Fsp3) is 0.148. The molecule has 59 heavy (non-hydrogen) atoms. The molecule has 0 radical (unpaired) electrons. The van der Waals surface area contributed by atoms with Crippen LogP contribution in [0, 0.1) is 0 Å². The van der Waals surface area contributed by atoms with Gasteiger partial charge in [0.25, 0.3) is 0 Å². The molecule has 5 nitrogen and oxygen atoms in total. The van der Waals surface area contributed by atoms with Gasteiger partial charge in [0.1, 0.15) is 22.7 Å². The standard InChI is InChI=1S/C54H45N3O2/c1-53(2,3)38-23-24-44(42(32-38)33-15-8-7-9-16-33)57-45-21-14-20-40(51(45)56-52(57)41-19-12-13-22-46(41)58)36-27-37(29-39(28-36)54(4,5)6)50-49-43-30-34-17-10-11-18-35(34)31-48(43)59-47(49)25-26-55-50/h7-32,58H,1-6H3. The summed E-state index contributed by atoms with van der Waals surface area (Å²) in [5, 5.41) is 15.8. The van der Waals surface area contributed by atoms with E-state index in [0.29, 0.717) is 11.4 Å². The third-order valence-electron chi connectivity index (χ3n) is 11.7. The second kappa shape index (κ2) is 13.6. The van der Waals surface area contributed by atoms with Gasteiger partial charge in [-0.05, 0) is 105 Å². The number of hydrogen-bond acceptors (Lipinski definition) is 4. The first-order chi connectivity index (χ1) is 28.4. The van der Waals surface area contributed by atoms with Crippen LogP contribution in [0.25, 0.3) is 94.3 Å². The molecule has 5 heteroatoms. The molecule has 0 bridgehead atoms. The Morgan fingerprint density at radius 3 is 2.00 bits per heavy atom. The Hall–Kier alpha value is -6.98. The second-order valence-corrected chi connectivity index (χ2v) is 17.7. The van der Waals surface area contributed by atoms with Gasteiger partial charge in [0.15, 0.2) is 0 Å². The summed E-state index contributed by atoms with van der Waals surface area (Å²) in [6.45, 7) is 13.5. The van der Waals surface area contributed by atoms with Gasteiger partial charge >= 0.3 is 0 Å². The van der Waals surface area contributed by atoms with Crippen molar-refractivity contribution < 1.29 is 9.52 Å². The lowest BCUT2D eigenvalue weighted by Crippen LogP contribution is -2.12. The molecular weight excluding hydrogens is 723 g/mol. The Kier molecular flexibility index (Phi) is 8.36. The zero-order chi connectivity index (χ0) is 40.6. The van der Waals surface area contributed by atoms with Crippen LogP contribution in [0.2, 0.25) is 0 Å². The van der Waals surface area contributed by atoms with Crippen molar-refractivity contribution in [2.24, 2.45) is 0 Å². The third kappa shape index (κ3) is 6.25. The first-order valence-corrected chi connectivity index (χ1v) is 20.3. The molecule has 10 rings (SSSR count). The molecule has 0 spiro atoms. The zero-order valence-electron chi connectivity index (χ0n) is 34.2. The molecule has 0 saturated carbocycles. The number of pyridine rings is 1. The van der Waals surface area contributed by atoms with Crippen molar-refractivity contribution in [2.75, 3.05) is 0 Å². The van der Waals surface area contributed by atoms with E-state index < -0.39 is 0 Å². The van der Waals surface area contributed by atoms with E-state index in [-0.39, 0.29) is 16.6 Å². The van der Waals surface area contributed by atoms with Gasteiger partial charge in [0.05, 0.1) is 33.4 Å². The molecule has 0 aliphatic rings. The molecule has 0 aliphatic carbocycles. The fourth-order valence-electron chi connectivity index (χ4n) is 8.44. The number of rotatable bonds is 5. The number of fused-ring (bicyclic) bond motifs is 5. The molecule has 0 aliphatic heterocycles. The van der Waals surface area contributed by atoms with E-state index in [1.54, 1.807) is 6.07 Å². The average Bonchev–Trinajstić information content (AvgIpc) is 3.80. The fourth-order valence-corrected chi connectivity index (χ4v) is 8.44. The zero-order valence-corrected chi connectivity index (χ0v) is 34.2. The number of furan rings is 1. The molecule has 288 valence electrons. The molecule has 0 fully saturated rings. The van der Waals surface area contributed by atoms with Crippen LogP contribution in [0.3, 0.4) is 0 Å². The van der Waals surface area contributed by atoms with Gasteiger partial charge in [-0.15, -0.1) is 0 Å². The van der Waals surface area contributed by atoms with Crippen molar-refractivity contribution in [1.29, 1.82) is 0 Å². The summed E-state index contributed by atoms with van der Waals surface area (Å²) >= 11 is 0. The summed E-state index contributed by atoms with van der Waals surface area (Å²) in [4.78, 5) is 10.5. The lowest BCUT2D eigenvalue weighted by atomic mass is 9.83. The highest BCUT2D eigenvalue weighted by Crippen LogP contribution is 2.44. The molecule has 1 N–H and O–H groups in total. The van der Waals surface area contributed by atoms with Crippen LogP contribution in [0.5, 0.6) is 5.75 Å². The Morgan fingerprint density at radius 1 is 0.542 bits per heavy atom. The summed E-state index contributed by atoms with van der Waals surface area (Å²) in [7, 11) is 0. The number of phenolic OH excluding ortho intramolecular Hbond substituents is 1. The number of hydrogen-bond donors (Lipinski definition) is 1. The van der Waals surface area contributed by atoms with Gasteiger partial charge in [0.2, 0.25) is 0 Å². The maximum absolute atomic E-state index is 11.4. The van der Waals surface area contributed by atoms with E-state index >= 15 is 0 Å². The minimum absolute atomic E-state index is 0.0573. The summed E-state index contributed by atoms with van der Waals surface area (Å²) in [6.07, 6.45) is 1.85. The molecule has 7 aromatic carbocycles. The van der Waals surface area contributed by atoms with Gasteiger partial charge < -0.3 is 9.52 Å². The van der Waals surface area contributed by atoms with Crippen molar-refractivity contribution in [2.45, 2.75) is 52.4 Å². The van der Waals surface area contributed by atoms with Crippen LogP contribution in [-0.4, -0.2) is 19.6 Å². The minimum Gasteiger partial charge on any atom is -0.507 e. The molecule has 10 aromatic rings. The smallest absolute Gasteiger partial charge is 0.149 e. The van der Waals surface area contributed by atoms with Crippen molar-refractivity contribution >= 4 is 43.7 Å². The van der Waals surface area contributed by atoms with Crippen molar-refractivity contribution in [1.82, 2.24) is 14.5 Å². The topological polar surface area (TPSA) is 64.1 Å². The molecular formula is C54H45N3O2. The van der Waals surface area contributed by atoms with Crippen LogP contribution in [0.4, 0.5) is 0 Å². The summed E-state index contributed by atoms with van der Waals surface area (Å²) in [5.41, 5.74) is 13.4. The van der Waals surface area contributed by atoms with Crippen LogP contribution in [0.1, 0.15) is 52.7 Å². The quantitative estimate of drug-likeness (QED) is 0.189. The predicted octanol–water partition coefficient (Wildman–Crippen LogP) is 14.4. The van der Waals surface area contributed by atoms with Crippen molar-refractivity contribution in [3.05, 3.63) is 169 Å². The average molecular weight is 768 g/mol. The number of aromatic nitrogens is 3. The highest BCUT2D eigenvalue weighted by molar-refractivity contribution is 6.15. The molecule has 0 saturated heterocycles. The maximum atomic E-state index is 11.4. The number of benzene rings is 7. The van der Waals surface area contributed by atoms with Gasteiger partial charge in [-0.25, -0.2) is 4.98 Å². The van der Waals surface area contributed by atoms with E-state index in [1.807, 2.05) is 30.5 Å². The number of imidazole rings is 1. The second-order valence-electron chi connectivity index (χ2n) is 17.7. The van der Waals surface area contributed by atoms with Crippen LogP contribution in [0.15, 0.2) is 162 Å². The lowest BCUT2D eigenvalue weighted by Gasteiger charge is -2.23. The van der Waals surface area contributed by atoms with Gasteiger partial charge in [-0.1, -0.05) is 133 Å². The normalized spacial score (nSPS) is 12.3. The van der Waals surface area contributed by atoms with Crippen LogP contribution in [-0.2, 0) is 10.8 Å². The molecule has 3 heterocycles. The Bertz CT molecular complexity index is 3250. The number of nitrogens with zero attached hydrogens (tertiary/aromatic N) is 3. The minimum atomic E-state index is -0.166. The Morgan fingerprint density at radius 2 is 1.24 bits per heavy atom. The first kappa shape index (κ1) is 36.4. The van der Waals surface area contributed by atoms with Crippen molar-refractivity contribution in [3.8, 4) is 56.3 Å². The maximum Gasteiger partial charge on any atom is 0.149 e. The van der Waals surface area contributed by atoms with Gasteiger partial charge in [-0.3, -0.25) is 9.55 Å². The lowest BCUT2D eigenvalue weighted by molar-refractivity contribution is 0.477. The molecule has 0 amide bonds. The SMILES string of the molecule is CC(C)(C)c1cc(-c2cccc3c2nc(-c2ccccc2O)n3-c2ccc(C(C)(C)C)cc2-c2ccccc2)cc(-c2nccc3oc4cc5ccccc5cc4c23)c1. The van der Waals surface area contributed by atoms with Gasteiger partial charge in [-0.2, -0.15) is 0 Å². The number of para-hydroxylation sites is 2. The van der Waals surface area contributed by atoms with Crippen molar-refractivity contribution in [3.63, 3.8) is 0 Å². The summed E-state index contributed by atoms with van der Waals surface area (Å²) < 4.78 is 8.72. The highest BCUT2D eigenvalue weighted by atomic mass is 16.3. The van der Waals surface area contributed by atoms with Crippen LogP contribution >= 0.6 is 0 Å². The molecule has 0 atom stereocenters. The third-order valence-corrected chi connectivity index (χ3v) is 11.7. The summed E-state index contributed by atoms with van der Waals surface area (Å²) in [6, 6.07) is 52.7. The molecule has 3 aromatic heterocycles. The highest BCUT2D eigenvalue weighted by Gasteiger charge is 2.25. The predicted molar refractivity (Wildman–Crippen MR) is 244 cm³/mol. The monoisotopic (exact) mass is 767 g/mol. The number of aromatic hydroxyl groups is 1. The number of phenols is 1. The van der Waals surface area contributed by atoms with Crippen LogP contribution < -0.4 is 0 Å². The van der Waals surface area contributed by atoms with E-state index in [2.05, 4.69) is 167 Å².